The van der Waals surface area contributed by atoms with Crippen LogP contribution in [0.15, 0.2) is 23.6 Å². The fourth-order valence-electron chi connectivity index (χ4n) is 3.09. The number of benzene rings is 1. The summed E-state index contributed by atoms with van der Waals surface area (Å²) >= 11 is 1.45. The maximum Gasteiger partial charge on any atom is 0.273 e. The number of hydrogen-bond donors (Lipinski definition) is 0. The van der Waals surface area contributed by atoms with Gasteiger partial charge in [0.2, 0.25) is 0 Å². The van der Waals surface area contributed by atoms with Crippen molar-refractivity contribution in [1.29, 1.82) is 0 Å². The number of rotatable bonds is 4. The summed E-state index contributed by atoms with van der Waals surface area (Å²) in [6.45, 7) is 3.82. The molecule has 1 aromatic carbocycles. The molecule has 1 aliphatic heterocycles. The van der Waals surface area contributed by atoms with Crippen LogP contribution in [0.3, 0.4) is 0 Å². The summed E-state index contributed by atoms with van der Waals surface area (Å²) in [5, 5.41) is 2.59. The second kappa shape index (κ2) is 7.21. The SMILES string of the molecule is COc1cccc(-c2nc(C(=O)N3CCC[C@H](C)C3)cs2)c1OC. The molecule has 0 spiro atoms. The van der Waals surface area contributed by atoms with Crippen LogP contribution in [0.1, 0.15) is 30.3 Å². The van der Waals surface area contributed by atoms with Gasteiger partial charge in [-0.2, -0.15) is 0 Å². The minimum Gasteiger partial charge on any atom is -0.493 e. The van der Waals surface area contributed by atoms with Gasteiger partial charge in [0.25, 0.3) is 5.91 Å². The van der Waals surface area contributed by atoms with Crippen LogP contribution < -0.4 is 9.47 Å². The number of nitrogens with zero attached hydrogens (tertiary/aromatic N) is 2. The second-order valence-corrected chi connectivity index (χ2v) is 6.94. The van der Waals surface area contributed by atoms with E-state index in [1.165, 1.54) is 17.8 Å². The second-order valence-electron chi connectivity index (χ2n) is 6.08. The number of methoxy groups -OCH3 is 2. The molecule has 0 N–H and O–H groups in total. The largest absolute Gasteiger partial charge is 0.493 e. The third-order valence-electron chi connectivity index (χ3n) is 4.30. The van der Waals surface area contributed by atoms with Gasteiger partial charge in [-0.3, -0.25) is 4.79 Å². The van der Waals surface area contributed by atoms with Crippen molar-refractivity contribution in [3.05, 3.63) is 29.3 Å². The maximum absolute atomic E-state index is 12.7. The maximum atomic E-state index is 12.7. The lowest BCUT2D eigenvalue weighted by atomic mass is 10.0. The molecule has 5 nitrogen and oxygen atoms in total. The predicted molar refractivity (Wildman–Crippen MR) is 95.0 cm³/mol. The number of carbonyl (C=O) groups is 1. The zero-order chi connectivity index (χ0) is 17.1. The van der Waals surface area contributed by atoms with Crippen LogP contribution in [0.5, 0.6) is 11.5 Å². The minimum atomic E-state index is 0.0194. The van der Waals surface area contributed by atoms with Crippen molar-refractivity contribution in [2.24, 2.45) is 5.92 Å². The van der Waals surface area contributed by atoms with Crippen LogP contribution in [0, 0.1) is 5.92 Å². The van der Waals surface area contributed by atoms with Gasteiger partial charge in [0.15, 0.2) is 11.5 Å². The Bertz CT molecular complexity index is 729. The standard InChI is InChI=1S/C18H22N2O3S/c1-12-6-5-9-20(10-12)18(21)14-11-24-17(19-14)13-7-4-8-15(22-2)16(13)23-3/h4,7-8,11-12H,5-6,9-10H2,1-3H3/t12-/m0/s1. The molecule has 2 aromatic rings. The van der Waals surface area contributed by atoms with Crippen LogP contribution in [0.25, 0.3) is 10.6 Å². The van der Waals surface area contributed by atoms with Crippen LogP contribution >= 0.6 is 11.3 Å². The number of ether oxygens (including phenoxy) is 2. The van der Waals surface area contributed by atoms with E-state index in [0.29, 0.717) is 23.1 Å². The Balaban J connectivity index is 1.87. The first-order chi connectivity index (χ1) is 11.6. The third kappa shape index (κ3) is 3.24. The molecule has 1 amide bonds. The molecule has 1 atom stereocenters. The van der Waals surface area contributed by atoms with Gasteiger partial charge in [-0.25, -0.2) is 4.98 Å². The lowest BCUT2D eigenvalue weighted by molar-refractivity contribution is 0.0678. The molecule has 1 saturated heterocycles. The molecule has 0 radical (unpaired) electrons. The molecule has 3 rings (SSSR count). The van der Waals surface area contributed by atoms with E-state index < -0.39 is 0 Å². The molecule has 128 valence electrons. The molecule has 1 aromatic heterocycles. The molecule has 6 heteroatoms. The number of likely N-dealkylation sites (tertiary alicyclic amines) is 1. The summed E-state index contributed by atoms with van der Waals surface area (Å²) in [6, 6.07) is 5.67. The fraction of sp³-hybridized carbons (Fsp3) is 0.444. The van der Waals surface area contributed by atoms with Crippen molar-refractivity contribution >= 4 is 17.2 Å². The van der Waals surface area contributed by atoms with Crippen molar-refractivity contribution in [3.63, 3.8) is 0 Å². The van der Waals surface area contributed by atoms with Gasteiger partial charge in [-0.1, -0.05) is 13.0 Å². The Morgan fingerprint density at radius 2 is 2.17 bits per heavy atom. The monoisotopic (exact) mass is 346 g/mol. The van der Waals surface area contributed by atoms with Crippen LogP contribution in [0.2, 0.25) is 0 Å². The first-order valence-corrected chi connectivity index (χ1v) is 8.98. The van der Waals surface area contributed by atoms with Gasteiger partial charge in [0.05, 0.1) is 19.8 Å². The van der Waals surface area contributed by atoms with E-state index in [1.54, 1.807) is 14.2 Å². The van der Waals surface area contributed by atoms with Gasteiger partial charge in [-0.15, -0.1) is 11.3 Å². The minimum absolute atomic E-state index is 0.0194. The predicted octanol–water partition coefficient (Wildman–Crippen LogP) is 3.70. The normalized spacial score (nSPS) is 17.6. The van der Waals surface area contributed by atoms with Gasteiger partial charge in [0.1, 0.15) is 10.7 Å². The third-order valence-corrected chi connectivity index (χ3v) is 5.18. The van der Waals surface area contributed by atoms with E-state index in [9.17, 15) is 4.79 Å². The average Bonchev–Trinajstić information content (AvgIpc) is 3.10. The van der Waals surface area contributed by atoms with E-state index in [-0.39, 0.29) is 5.91 Å². The number of piperidine rings is 1. The van der Waals surface area contributed by atoms with Gasteiger partial charge < -0.3 is 14.4 Å². The highest BCUT2D eigenvalue weighted by atomic mass is 32.1. The highest BCUT2D eigenvalue weighted by Crippen LogP contribution is 2.39. The molecule has 0 unspecified atom stereocenters. The van der Waals surface area contributed by atoms with E-state index in [1.807, 2.05) is 28.5 Å². The lowest BCUT2D eigenvalue weighted by Crippen LogP contribution is -2.39. The molecule has 24 heavy (non-hydrogen) atoms. The van der Waals surface area contributed by atoms with E-state index in [4.69, 9.17) is 9.47 Å². The van der Waals surface area contributed by atoms with Crippen LogP contribution in [-0.2, 0) is 0 Å². The average molecular weight is 346 g/mol. The summed E-state index contributed by atoms with van der Waals surface area (Å²) in [4.78, 5) is 19.2. The molecule has 1 fully saturated rings. The summed E-state index contributed by atoms with van der Waals surface area (Å²) in [5.41, 5.74) is 1.35. The van der Waals surface area contributed by atoms with Crippen molar-refractivity contribution in [3.8, 4) is 22.1 Å². The van der Waals surface area contributed by atoms with Gasteiger partial charge >= 0.3 is 0 Å². The molecular formula is C18H22N2O3S. The Hall–Kier alpha value is -2.08. The summed E-state index contributed by atoms with van der Waals surface area (Å²) in [6.07, 6.45) is 2.25. The van der Waals surface area contributed by atoms with E-state index >= 15 is 0 Å². The number of thiazole rings is 1. The Kier molecular flexibility index (Phi) is 5.04. The number of aromatic nitrogens is 1. The van der Waals surface area contributed by atoms with Gasteiger partial charge in [0, 0.05) is 18.5 Å². The Labute approximate surface area is 146 Å². The lowest BCUT2D eigenvalue weighted by Gasteiger charge is -2.30. The first-order valence-electron chi connectivity index (χ1n) is 8.10. The molecule has 0 aliphatic carbocycles. The van der Waals surface area contributed by atoms with Crippen molar-refractivity contribution in [1.82, 2.24) is 9.88 Å². The molecule has 1 aliphatic rings. The fourth-order valence-corrected chi connectivity index (χ4v) is 3.90. The Morgan fingerprint density at radius 1 is 1.33 bits per heavy atom. The molecular weight excluding hydrogens is 324 g/mol. The zero-order valence-corrected chi connectivity index (χ0v) is 15.1. The summed E-state index contributed by atoms with van der Waals surface area (Å²) in [5.74, 6) is 1.87. The van der Waals surface area contributed by atoms with Crippen LogP contribution in [-0.4, -0.2) is 43.1 Å². The quantitative estimate of drug-likeness (QED) is 0.847. The number of para-hydroxylation sites is 1. The molecule has 0 saturated carbocycles. The van der Waals surface area contributed by atoms with Crippen molar-refractivity contribution in [2.45, 2.75) is 19.8 Å². The molecule has 0 bridgehead atoms. The number of hydrogen-bond acceptors (Lipinski definition) is 5. The van der Waals surface area contributed by atoms with Crippen molar-refractivity contribution in [2.75, 3.05) is 27.3 Å². The topological polar surface area (TPSA) is 51.7 Å². The first kappa shape index (κ1) is 16.8. The highest BCUT2D eigenvalue weighted by molar-refractivity contribution is 7.13. The van der Waals surface area contributed by atoms with Crippen LogP contribution in [0.4, 0.5) is 0 Å². The smallest absolute Gasteiger partial charge is 0.273 e. The summed E-state index contributed by atoms with van der Waals surface area (Å²) < 4.78 is 10.8. The summed E-state index contributed by atoms with van der Waals surface area (Å²) in [7, 11) is 3.21. The Morgan fingerprint density at radius 3 is 2.88 bits per heavy atom. The van der Waals surface area contributed by atoms with E-state index in [0.717, 1.165) is 30.1 Å². The highest BCUT2D eigenvalue weighted by Gasteiger charge is 2.24. The zero-order valence-electron chi connectivity index (χ0n) is 14.2. The number of amides is 1. The van der Waals surface area contributed by atoms with Gasteiger partial charge in [-0.05, 0) is 30.9 Å². The van der Waals surface area contributed by atoms with E-state index in [2.05, 4.69) is 11.9 Å². The molecule has 2 heterocycles. The number of carbonyl (C=O) groups excluding carboxylic acids is 1. The van der Waals surface area contributed by atoms with Crippen molar-refractivity contribution < 1.29 is 14.3 Å².